The number of nitrogens with zero attached hydrogens (tertiary/aromatic N) is 5. The van der Waals surface area contributed by atoms with E-state index in [-0.39, 0.29) is 6.71 Å². The Balaban J connectivity index is 1.87. The van der Waals surface area contributed by atoms with E-state index in [1.807, 2.05) is 0 Å². The molecule has 3 heterocycles. The van der Waals surface area contributed by atoms with Crippen LogP contribution in [0, 0.1) is 28.3 Å². The molecular weight excluding hydrogens is 343 g/mol. The van der Waals surface area contributed by atoms with Crippen LogP contribution >= 0.6 is 0 Å². The molecule has 6 nitrogen and oxygen atoms in total. The normalized spacial score (nSPS) is 14.3. The zero-order chi connectivity index (χ0) is 18.8. The lowest BCUT2D eigenvalue weighted by Gasteiger charge is -2.12. The van der Waals surface area contributed by atoms with Crippen LogP contribution in [-0.4, -0.2) is 34.6 Å². The van der Waals surface area contributed by atoms with Gasteiger partial charge in [-0.15, -0.1) is 0 Å². The van der Waals surface area contributed by atoms with Gasteiger partial charge in [-0.3, -0.25) is 0 Å². The Bertz CT molecular complexity index is 1090. The van der Waals surface area contributed by atoms with Crippen molar-refractivity contribution in [2.24, 2.45) is 0 Å². The van der Waals surface area contributed by atoms with E-state index in [0.717, 1.165) is 0 Å². The van der Waals surface area contributed by atoms with E-state index in [9.17, 15) is 14.9 Å². The summed E-state index contributed by atoms with van der Waals surface area (Å²) in [5, 5.41) is 23.2. The molecule has 9 heteroatoms. The van der Waals surface area contributed by atoms with Gasteiger partial charge in [0.25, 0.3) is 6.71 Å². The van der Waals surface area contributed by atoms with Gasteiger partial charge in [-0.25, -0.2) is 24.4 Å². The van der Waals surface area contributed by atoms with Crippen LogP contribution in [0.1, 0.15) is 0 Å². The van der Waals surface area contributed by atoms with Gasteiger partial charge in [-0.05, 0) is 30.1 Å². The van der Waals surface area contributed by atoms with Gasteiger partial charge in [0.2, 0.25) is 0 Å². The Kier molecular flexibility index (Phi) is 4.52. The first kappa shape index (κ1) is 17.1. The molecule has 2 aromatic heterocycles. The van der Waals surface area contributed by atoms with Crippen molar-refractivity contribution in [1.82, 2.24) is 14.6 Å². The van der Waals surface area contributed by atoms with Crippen LogP contribution in [-0.2, 0) is 0 Å². The third-order valence-electron chi connectivity index (χ3n) is 4.81. The highest BCUT2D eigenvalue weighted by Gasteiger charge is 2.24. The zero-order valence-electron chi connectivity index (χ0n) is 14.5. The minimum Gasteiger partial charge on any atom is -0.494 e. The van der Waals surface area contributed by atoms with Crippen molar-refractivity contribution < 1.29 is 9.13 Å². The van der Waals surface area contributed by atoms with Gasteiger partial charge in [0, 0.05) is 35.4 Å². The molecule has 0 saturated heterocycles. The number of aromatic nitrogens is 3. The number of hydrogen-bond acceptors (Lipinski definition) is 5. The summed E-state index contributed by atoms with van der Waals surface area (Å²) in [5.41, 5.74) is 2.46. The molecule has 1 aromatic carbocycles. The van der Waals surface area contributed by atoms with Gasteiger partial charge in [0.05, 0.1) is 12.8 Å². The van der Waals surface area contributed by atoms with E-state index in [1.54, 1.807) is 29.0 Å². The van der Waals surface area contributed by atoms with Gasteiger partial charge in [0.15, 0.2) is 5.65 Å². The Morgan fingerprint density at radius 2 is 2.04 bits per heavy atom. The maximum Gasteiger partial charge on any atom is 0.321 e. The average Bonchev–Trinajstić information content (AvgIpc) is 3.09. The Labute approximate surface area is 156 Å². The van der Waals surface area contributed by atoms with Crippen molar-refractivity contribution >= 4 is 24.7 Å². The van der Waals surface area contributed by atoms with Crippen LogP contribution in [0.25, 0.3) is 16.8 Å². The quantitative estimate of drug-likeness (QED) is 0.576. The summed E-state index contributed by atoms with van der Waals surface area (Å²) in [6, 6.07) is 6.24. The maximum absolute atomic E-state index is 14.1. The summed E-state index contributed by atoms with van der Waals surface area (Å²) in [7, 11) is 0. The first-order valence-corrected chi connectivity index (χ1v) is 8.75. The van der Waals surface area contributed by atoms with Gasteiger partial charge in [-0.2, -0.15) is 5.10 Å². The number of nitriles is 2. The zero-order valence-corrected chi connectivity index (χ0v) is 14.5. The SMILES string of the molecule is N#CB1CCOc2cc(F)cc(c2)-c2cnn3ccc(nc23)B(C#N)CC1. The molecule has 1 aliphatic heterocycles. The van der Waals surface area contributed by atoms with E-state index in [0.29, 0.717) is 53.7 Å². The van der Waals surface area contributed by atoms with E-state index in [4.69, 9.17) is 4.74 Å². The molecule has 0 atom stereocenters. The molecule has 4 rings (SSSR count). The number of hydrogen-bond donors (Lipinski definition) is 0. The fourth-order valence-corrected chi connectivity index (χ4v) is 3.32. The molecule has 0 unspecified atom stereocenters. The fraction of sp³-hybridized carbons (Fsp3) is 0.222. The predicted molar refractivity (Wildman–Crippen MR) is 101 cm³/mol. The smallest absolute Gasteiger partial charge is 0.321 e. The van der Waals surface area contributed by atoms with Gasteiger partial charge in [0.1, 0.15) is 11.6 Å². The molecule has 1 aliphatic rings. The second kappa shape index (κ2) is 7.12. The minimum atomic E-state index is -0.420. The predicted octanol–water partition coefficient (Wildman–Crippen LogP) is 2.25. The molecule has 0 spiro atoms. The topological polar surface area (TPSA) is 87.0 Å². The molecule has 0 saturated carbocycles. The molecule has 27 heavy (non-hydrogen) atoms. The van der Waals surface area contributed by atoms with Crippen molar-refractivity contribution in [3.8, 4) is 28.8 Å². The first-order chi connectivity index (χ1) is 13.2. The van der Waals surface area contributed by atoms with Crippen LogP contribution in [0.2, 0.25) is 19.0 Å². The van der Waals surface area contributed by atoms with Crippen molar-refractivity contribution in [3.05, 3.63) is 42.5 Å². The summed E-state index contributed by atoms with van der Waals surface area (Å²) in [5.74, 6) is 4.54. The van der Waals surface area contributed by atoms with Crippen LogP contribution < -0.4 is 10.3 Å². The van der Waals surface area contributed by atoms with Crippen LogP contribution in [0.4, 0.5) is 4.39 Å². The molecule has 0 fully saturated rings. The van der Waals surface area contributed by atoms with E-state index in [2.05, 4.69) is 22.0 Å². The van der Waals surface area contributed by atoms with Crippen molar-refractivity contribution in [2.45, 2.75) is 19.0 Å². The van der Waals surface area contributed by atoms with Crippen LogP contribution in [0.5, 0.6) is 5.75 Å². The largest absolute Gasteiger partial charge is 0.494 e. The molecule has 130 valence electrons. The average molecular weight is 357 g/mol. The molecule has 0 N–H and O–H groups in total. The maximum atomic E-state index is 14.1. The number of fused-ring (bicyclic) bond motifs is 4. The monoisotopic (exact) mass is 357 g/mol. The summed E-state index contributed by atoms with van der Waals surface area (Å²) < 4.78 is 21.4. The molecular formula is C18H14B2FN5O. The molecule has 0 amide bonds. The van der Waals surface area contributed by atoms with Crippen molar-refractivity contribution in [3.63, 3.8) is 0 Å². The third kappa shape index (κ3) is 3.37. The molecule has 4 bridgehead atoms. The Morgan fingerprint density at radius 1 is 1.15 bits per heavy atom. The van der Waals surface area contributed by atoms with Gasteiger partial charge >= 0.3 is 6.71 Å². The van der Waals surface area contributed by atoms with Crippen LogP contribution in [0.15, 0.2) is 36.7 Å². The summed E-state index contributed by atoms with van der Waals surface area (Å²) in [6.45, 7) is -0.336. The van der Waals surface area contributed by atoms with E-state index < -0.39 is 12.5 Å². The number of ether oxygens (including phenoxy) is 1. The third-order valence-corrected chi connectivity index (χ3v) is 4.81. The van der Waals surface area contributed by atoms with Gasteiger partial charge < -0.3 is 4.74 Å². The molecule has 3 aromatic rings. The molecule has 0 radical (unpaired) electrons. The summed E-state index contributed by atoms with van der Waals surface area (Å²) in [4.78, 5) is 4.62. The lowest BCUT2D eigenvalue weighted by molar-refractivity contribution is 0.337. The molecule has 0 aliphatic carbocycles. The number of benzene rings is 1. The van der Waals surface area contributed by atoms with Crippen molar-refractivity contribution in [2.75, 3.05) is 6.61 Å². The highest BCUT2D eigenvalue weighted by atomic mass is 19.1. The number of rotatable bonds is 0. The highest BCUT2D eigenvalue weighted by Crippen LogP contribution is 2.28. The number of halogens is 1. The lowest BCUT2D eigenvalue weighted by Crippen LogP contribution is -2.33. The van der Waals surface area contributed by atoms with Crippen molar-refractivity contribution in [1.29, 1.82) is 10.5 Å². The minimum absolute atomic E-state index is 0.230. The lowest BCUT2D eigenvalue weighted by atomic mass is 9.37. The Hall–Kier alpha value is -3.32. The fourth-order valence-electron chi connectivity index (χ4n) is 3.32. The summed E-state index contributed by atoms with van der Waals surface area (Å²) >= 11 is 0. The van der Waals surface area contributed by atoms with Gasteiger partial charge in [-0.1, -0.05) is 12.6 Å². The first-order valence-electron chi connectivity index (χ1n) is 8.75. The van der Waals surface area contributed by atoms with E-state index >= 15 is 0 Å². The Morgan fingerprint density at radius 3 is 2.85 bits per heavy atom. The standard InChI is InChI=1S/C18H14B2FN5O/c21-14-7-13-8-15(9-14)27-6-4-19(11-22)2-3-20(12-23)17-1-5-26-18(25-17)16(13)10-24-26/h1,5,7-10H,2-4,6H2. The second-order valence-electron chi connectivity index (χ2n) is 6.58. The summed E-state index contributed by atoms with van der Waals surface area (Å²) in [6.07, 6.45) is 5.01. The van der Waals surface area contributed by atoms with Crippen LogP contribution in [0.3, 0.4) is 0 Å². The second-order valence-corrected chi connectivity index (χ2v) is 6.58. The van der Waals surface area contributed by atoms with E-state index in [1.165, 1.54) is 12.1 Å². The highest BCUT2D eigenvalue weighted by molar-refractivity contribution is 6.81.